The van der Waals surface area contributed by atoms with Crippen LogP contribution in [0, 0.1) is 5.92 Å². The second kappa shape index (κ2) is 35.4. The van der Waals surface area contributed by atoms with Crippen LogP contribution in [0.1, 0.15) is 84.6 Å². The average molecular weight is 1120 g/mol. The van der Waals surface area contributed by atoms with E-state index >= 15 is 0 Å². The Hall–Kier alpha value is -7.09. The van der Waals surface area contributed by atoms with Crippen LogP contribution in [0.25, 0.3) is 0 Å². The zero-order valence-corrected chi connectivity index (χ0v) is 45.5. The first-order valence-electron chi connectivity index (χ1n) is 26.4. The van der Waals surface area contributed by atoms with Crippen molar-refractivity contribution in [1.82, 2.24) is 53.2 Å². The van der Waals surface area contributed by atoms with Crippen LogP contribution in [0.2, 0.25) is 0 Å². The molecule has 26 N–H and O–H groups in total. The number of nitrogens with one attached hydrogen (secondary N) is 10. The van der Waals surface area contributed by atoms with Gasteiger partial charge in [0.1, 0.15) is 54.4 Å². The van der Waals surface area contributed by atoms with Crippen molar-refractivity contribution < 1.29 is 58.2 Å². The highest BCUT2D eigenvalue weighted by Gasteiger charge is 2.37. The number of hydrogen-bond acceptors (Lipinski definition) is 18. The minimum atomic E-state index is -1.68. The van der Waals surface area contributed by atoms with E-state index in [-0.39, 0.29) is 89.5 Å². The quantitative estimate of drug-likeness (QED) is 0.0260. The van der Waals surface area contributed by atoms with Gasteiger partial charge in [-0.15, -0.1) is 0 Å². The van der Waals surface area contributed by atoms with Crippen molar-refractivity contribution in [2.75, 3.05) is 39.3 Å². The number of nitrogens with two attached hydrogens (primary N) is 7. The first-order valence-corrected chi connectivity index (χ1v) is 26.4. The third kappa shape index (κ3) is 24.2. The van der Waals surface area contributed by atoms with E-state index in [2.05, 4.69) is 58.2 Å². The molecule has 30 heteroatoms. The Bertz CT molecular complexity index is 2200. The molecule has 12 atom stereocenters. The number of rotatable bonds is 24. The van der Waals surface area contributed by atoms with Crippen LogP contribution >= 0.6 is 0 Å². The lowest BCUT2D eigenvalue weighted by molar-refractivity contribution is -0.136. The van der Waals surface area contributed by atoms with Crippen molar-refractivity contribution in [3.63, 3.8) is 0 Å². The second-order valence-electron chi connectivity index (χ2n) is 19.6. The van der Waals surface area contributed by atoms with Gasteiger partial charge in [-0.1, -0.05) is 44.2 Å². The predicted octanol–water partition coefficient (Wildman–Crippen LogP) is -8.30. The summed E-state index contributed by atoms with van der Waals surface area (Å²) in [5.74, 6) is -9.62. The molecule has 0 saturated carbocycles. The summed E-state index contributed by atoms with van der Waals surface area (Å²) in [5, 5.41) is 46.6. The highest BCUT2D eigenvalue weighted by Crippen LogP contribution is 2.11. The number of aliphatic hydroxyl groups excluding tert-OH is 2. The molecule has 0 aromatic heterocycles. The molecule has 0 bridgehead atoms. The van der Waals surface area contributed by atoms with Gasteiger partial charge in [-0.25, -0.2) is 0 Å². The molecular formula is C49H86N18O12. The van der Waals surface area contributed by atoms with Crippen molar-refractivity contribution in [2.24, 2.45) is 51.0 Å². The summed E-state index contributed by atoms with van der Waals surface area (Å²) >= 11 is 0. The van der Waals surface area contributed by atoms with E-state index in [1.807, 2.05) is 0 Å². The van der Waals surface area contributed by atoms with Crippen molar-refractivity contribution >= 4 is 65.0 Å². The molecule has 1 aliphatic rings. The molecule has 1 aliphatic heterocycles. The van der Waals surface area contributed by atoms with Gasteiger partial charge in [-0.3, -0.25) is 52.9 Å². The maximum atomic E-state index is 14.4. The summed E-state index contributed by atoms with van der Waals surface area (Å²) in [6, 6.07) is -6.08. The fraction of sp³-hybridized carbons (Fsp3) is 0.653. The summed E-state index contributed by atoms with van der Waals surface area (Å²) in [7, 11) is 0. The minimum absolute atomic E-state index is 0.0480. The van der Waals surface area contributed by atoms with E-state index in [0.717, 1.165) is 0 Å². The lowest BCUT2D eigenvalue weighted by Crippen LogP contribution is -2.61. The summed E-state index contributed by atoms with van der Waals surface area (Å²) in [4.78, 5) is 143. The fourth-order valence-electron chi connectivity index (χ4n) is 8.09. The molecule has 0 radical (unpaired) electrons. The highest BCUT2D eigenvalue weighted by molar-refractivity contribution is 5.99. The SMILES string of the molecule is CC(C)C[C@@H]1NC(=O)[C@@H](Cc2ccccc2)NC(=O)[C@H](CCN)NC(=O)[C@@H](NC(=O)[C@H](CCN)NC(=O)[C@@H](NC(=O)[C@@H](N)CCCN=C(N)N)[C@@H](C)O)CCNC(=O)[C@H]([C@@H](C)O)NC(=O)[C@H](CCN)NC(=O)[C@H](CCN)NC1=O. The molecule has 1 aromatic rings. The monoisotopic (exact) mass is 1120 g/mol. The van der Waals surface area contributed by atoms with E-state index in [1.54, 1.807) is 44.2 Å². The zero-order valence-electron chi connectivity index (χ0n) is 45.5. The molecule has 79 heavy (non-hydrogen) atoms. The average Bonchev–Trinajstić information content (AvgIpc) is 3.38. The molecule has 1 heterocycles. The van der Waals surface area contributed by atoms with E-state index in [4.69, 9.17) is 40.1 Å². The van der Waals surface area contributed by atoms with Crippen LogP contribution in [-0.2, 0) is 54.4 Å². The number of amides is 10. The third-order valence-electron chi connectivity index (χ3n) is 12.4. The molecule has 1 fully saturated rings. The van der Waals surface area contributed by atoms with Crippen LogP contribution in [0.4, 0.5) is 0 Å². The van der Waals surface area contributed by atoms with E-state index in [0.29, 0.717) is 12.0 Å². The van der Waals surface area contributed by atoms with Gasteiger partial charge in [0.15, 0.2) is 5.96 Å². The molecule has 30 nitrogen and oxygen atoms in total. The van der Waals surface area contributed by atoms with Gasteiger partial charge < -0.3 is 104 Å². The largest absolute Gasteiger partial charge is 0.391 e. The van der Waals surface area contributed by atoms with Gasteiger partial charge >= 0.3 is 0 Å². The number of benzene rings is 1. The van der Waals surface area contributed by atoms with Gasteiger partial charge in [-0.05, 0) is 103 Å². The van der Waals surface area contributed by atoms with E-state index < -0.39 is 145 Å². The maximum Gasteiger partial charge on any atom is 0.245 e. The normalized spacial score (nSPS) is 23.3. The molecule has 1 saturated heterocycles. The van der Waals surface area contributed by atoms with Crippen molar-refractivity contribution in [3.8, 4) is 0 Å². The van der Waals surface area contributed by atoms with Crippen LogP contribution < -0.4 is 93.3 Å². The first-order chi connectivity index (χ1) is 37.4. The number of aliphatic imine (C=N–C) groups is 1. The Balaban J connectivity index is 2.70. The van der Waals surface area contributed by atoms with Crippen molar-refractivity contribution in [3.05, 3.63) is 35.9 Å². The van der Waals surface area contributed by atoms with Crippen LogP contribution in [0.15, 0.2) is 35.3 Å². The van der Waals surface area contributed by atoms with E-state index in [1.165, 1.54) is 13.8 Å². The van der Waals surface area contributed by atoms with Gasteiger partial charge in [0.25, 0.3) is 0 Å². The standard InChI is InChI=1S/C49H86N18O12/c1-25(2)23-35-45(76)61-30(12-17-50)40(71)60-33(15-20-53)44(75)67-37(26(3)68)47(78)57-22-16-34(43(74)59-31(13-18-51)42(73)65-36(46(77)64-35)24-28-9-6-5-7-10-28)62-41(72)32(14-19-52)63-48(79)38(27(4)69)66-39(70)29(54)11-8-21-58-49(55)56/h5-7,9-10,25-27,29-38,68-69H,8,11-24,50-54H2,1-4H3,(H,57,78)(H,59,74)(H,60,71)(H,61,76)(H,62,72)(H,63,79)(H,64,77)(H,65,73)(H,66,70)(H,67,75)(H4,55,56,58)/t26-,27-,29+,30+,31+,32+,33+,34+,35+,36-,37+,38+/m1/s1. The van der Waals surface area contributed by atoms with Gasteiger partial charge in [0, 0.05) is 19.5 Å². The molecule has 2 rings (SSSR count). The van der Waals surface area contributed by atoms with Crippen LogP contribution in [0.5, 0.6) is 0 Å². The second-order valence-corrected chi connectivity index (χ2v) is 19.6. The highest BCUT2D eigenvalue weighted by atomic mass is 16.3. The molecular weight excluding hydrogens is 1030 g/mol. The predicted molar refractivity (Wildman–Crippen MR) is 291 cm³/mol. The fourth-order valence-corrected chi connectivity index (χ4v) is 8.09. The molecule has 444 valence electrons. The number of carbonyl (C=O) groups excluding carboxylic acids is 10. The zero-order chi connectivity index (χ0) is 59.4. The van der Waals surface area contributed by atoms with Crippen LogP contribution in [0.3, 0.4) is 0 Å². The number of hydrogen-bond donors (Lipinski definition) is 19. The summed E-state index contributed by atoms with van der Waals surface area (Å²) in [5.41, 5.74) is 40.7. The van der Waals surface area contributed by atoms with Gasteiger partial charge in [-0.2, -0.15) is 0 Å². The number of nitrogens with zero attached hydrogens (tertiary/aromatic N) is 1. The smallest absolute Gasteiger partial charge is 0.245 e. The number of aliphatic hydroxyl groups is 2. The van der Waals surface area contributed by atoms with Crippen molar-refractivity contribution in [2.45, 2.75) is 158 Å². The summed E-state index contributed by atoms with van der Waals surface area (Å²) < 4.78 is 0. The first kappa shape index (κ1) is 68.0. The molecule has 0 spiro atoms. The summed E-state index contributed by atoms with van der Waals surface area (Å²) in [6.45, 7) is 5.02. The topological polar surface area (TPSA) is 526 Å². The maximum absolute atomic E-state index is 14.4. The Kier molecular flexibility index (Phi) is 30.5. The Morgan fingerprint density at radius 2 is 1.14 bits per heavy atom. The Morgan fingerprint density at radius 1 is 0.633 bits per heavy atom. The summed E-state index contributed by atoms with van der Waals surface area (Å²) in [6.07, 6.45) is -4.00. The van der Waals surface area contributed by atoms with Gasteiger partial charge in [0.2, 0.25) is 59.1 Å². The lowest BCUT2D eigenvalue weighted by Gasteiger charge is -2.28. The molecule has 10 amide bonds. The lowest BCUT2D eigenvalue weighted by atomic mass is 10.00. The van der Waals surface area contributed by atoms with Gasteiger partial charge in [0.05, 0.1) is 18.2 Å². The Morgan fingerprint density at radius 3 is 1.65 bits per heavy atom. The number of carbonyl (C=O) groups is 10. The Labute approximate surface area is 459 Å². The molecule has 0 aliphatic carbocycles. The van der Waals surface area contributed by atoms with Crippen molar-refractivity contribution in [1.29, 1.82) is 0 Å². The number of guanidine groups is 1. The van der Waals surface area contributed by atoms with Crippen LogP contribution in [-0.4, -0.2) is 187 Å². The molecule has 0 unspecified atom stereocenters. The molecule has 1 aromatic carbocycles. The van der Waals surface area contributed by atoms with E-state index in [9.17, 15) is 58.2 Å². The minimum Gasteiger partial charge on any atom is -0.391 e. The third-order valence-corrected chi connectivity index (χ3v) is 12.4.